The van der Waals surface area contributed by atoms with Crippen LogP contribution in [0.5, 0.6) is 0 Å². The molecule has 84 valence electrons. The Balaban J connectivity index is 3.37. The van der Waals surface area contributed by atoms with Crippen LogP contribution in [0.2, 0.25) is 0 Å². The van der Waals surface area contributed by atoms with Gasteiger partial charge in [0.05, 0.1) is 23.0 Å². The molecule has 0 unspecified atom stereocenters. The first-order valence-corrected chi connectivity index (χ1v) is 4.71. The van der Waals surface area contributed by atoms with Crippen molar-refractivity contribution in [2.75, 3.05) is 0 Å². The van der Waals surface area contributed by atoms with E-state index >= 15 is 0 Å². The summed E-state index contributed by atoms with van der Waals surface area (Å²) in [5.41, 5.74) is 0.0568. The lowest BCUT2D eigenvalue weighted by Crippen LogP contribution is -2.14. The van der Waals surface area contributed by atoms with Gasteiger partial charge in [0, 0.05) is 12.1 Å². The number of nitriles is 1. The zero-order chi connectivity index (χ0) is 12.3. The van der Waals surface area contributed by atoms with Crippen molar-refractivity contribution in [1.29, 1.82) is 5.26 Å². The van der Waals surface area contributed by atoms with E-state index in [1.54, 1.807) is 19.9 Å². The van der Waals surface area contributed by atoms with E-state index in [1.165, 1.54) is 12.1 Å². The summed E-state index contributed by atoms with van der Waals surface area (Å²) in [5, 5.41) is 28.6. The molecule has 1 N–H and O–H groups in total. The molecule has 0 aliphatic heterocycles. The second-order valence-corrected chi connectivity index (χ2v) is 4.04. The van der Waals surface area contributed by atoms with Gasteiger partial charge >= 0.3 is 0 Å². The van der Waals surface area contributed by atoms with Crippen molar-refractivity contribution >= 4 is 5.69 Å². The Kier molecular flexibility index (Phi) is 3.25. The quantitative estimate of drug-likeness (QED) is 0.622. The molecule has 1 aromatic rings. The fourth-order valence-corrected chi connectivity index (χ4v) is 1.30. The number of hydrogen-bond acceptors (Lipinski definition) is 4. The number of benzene rings is 1. The summed E-state index contributed by atoms with van der Waals surface area (Å²) in [4.78, 5) is 10.1. The Morgan fingerprint density at radius 2 is 2.12 bits per heavy atom. The monoisotopic (exact) mass is 220 g/mol. The van der Waals surface area contributed by atoms with Crippen molar-refractivity contribution in [2.24, 2.45) is 0 Å². The molecule has 5 nitrogen and oxygen atoms in total. The zero-order valence-electron chi connectivity index (χ0n) is 9.10. The third-order valence-corrected chi connectivity index (χ3v) is 2.37. The highest BCUT2D eigenvalue weighted by atomic mass is 16.6. The Bertz CT molecular complexity index is 461. The maximum Gasteiger partial charge on any atom is 0.270 e. The maximum absolute atomic E-state index is 10.7. The summed E-state index contributed by atoms with van der Waals surface area (Å²) in [5.74, 6) is 0. The van der Waals surface area contributed by atoms with Crippen LogP contribution >= 0.6 is 0 Å². The second-order valence-electron chi connectivity index (χ2n) is 4.04. The zero-order valence-corrected chi connectivity index (χ0v) is 9.10. The van der Waals surface area contributed by atoms with Gasteiger partial charge in [-0.3, -0.25) is 10.1 Å². The van der Waals surface area contributed by atoms with Gasteiger partial charge in [0.15, 0.2) is 0 Å². The third kappa shape index (κ3) is 2.35. The smallest absolute Gasteiger partial charge is 0.270 e. The van der Waals surface area contributed by atoms with E-state index in [0.717, 1.165) is 0 Å². The molecule has 0 amide bonds. The largest absolute Gasteiger partial charge is 0.392 e. The van der Waals surface area contributed by atoms with Crippen LogP contribution in [-0.4, -0.2) is 10.0 Å². The van der Waals surface area contributed by atoms with Crippen molar-refractivity contribution in [1.82, 2.24) is 0 Å². The van der Waals surface area contributed by atoms with Gasteiger partial charge in [0.1, 0.15) is 0 Å². The highest BCUT2D eigenvalue weighted by molar-refractivity contribution is 5.44. The molecule has 0 aliphatic rings. The first-order chi connectivity index (χ1) is 7.40. The third-order valence-electron chi connectivity index (χ3n) is 2.37. The van der Waals surface area contributed by atoms with Crippen molar-refractivity contribution in [3.05, 3.63) is 39.4 Å². The number of rotatable bonds is 3. The fraction of sp³-hybridized carbons (Fsp3) is 0.364. The van der Waals surface area contributed by atoms with Crippen LogP contribution in [0.25, 0.3) is 0 Å². The molecule has 0 heterocycles. The predicted molar refractivity (Wildman–Crippen MR) is 57.7 cm³/mol. The van der Waals surface area contributed by atoms with E-state index in [2.05, 4.69) is 6.07 Å². The van der Waals surface area contributed by atoms with Crippen molar-refractivity contribution < 1.29 is 10.0 Å². The number of nitrogens with zero attached hydrogens (tertiary/aromatic N) is 2. The van der Waals surface area contributed by atoms with Gasteiger partial charge in [-0.05, 0) is 25.0 Å². The van der Waals surface area contributed by atoms with E-state index in [0.29, 0.717) is 11.1 Å². The number of aliphatic hydroxyl groups is 1. The lowest BCUT2D eigenvalue weighted by molar-refractivity contribution is -0.385. The van der Waals surface area contributed by atoms with Gasteiger partial charge in [-0.2, -0.15) is 5.26 Å². The molecule has 0 bridgehead atoms. The lowest BCUT2D eigenvalue weighted by Gasteiger charge is -2.16. The van der Waals surface area contributed by atoms with Crippen LogP contribution < -0.4 is 0 Å². The summed E-state index contributed by atoms with van der Waals surface area (Å²) in [6.07, 6.45) is 0. The van der Waals surface area contributed by atoms with Gasteiger partial charge in [-0.1, -0.05) is 6.07 Å². The molecule has 0 atom stereocenters. The molecule has 0 fully saturated rings. The molecule has 0 radical (unpaired) electrons. The fourth-order valence-electron chi connectivity index (χ4n) is 1.30. The average molecular weight is 220 g/mol. The first-order valence-electron chi connectivity index (χ1n) is 4.71. The number of nitro groups is 1. The lowest BCUT2D eigenvalue weighted by atomic mass is 9.85. The number of nitro benzene ring substituents is 1. The molecule has 0 spiro atoms. The topological polar surface area (TPSA) is 87.2 Å². The molecule has 0 aliphatic carbocycles. The molecule has 0 saturated carbocycles. The van der Waals surface area contributed by atoms with E-state index in [4.69, 9.17) is 10.4 Å². The number of aliphatic hydroxyl groups excluding tert-OH is 1. The van der Waals surface area contributed by atoms with E-state index < -0.39 is 10.3 Å². The normalized spacial score (nSPS) is 10.9. The minimum atomic E-state index is -0.810. The summed E-state index contributed by atoms with van der Waals surface area (Å²) >= 11 is 0. The van der Waals surface area contributed by atoms with Crippen LogP contribution in [0.4, 0.5) is 5.69 Å². The summed E-state index contributed by atoms with van der Waals surface area (Å²) in [7, 11) is 0. The minimum Gasteiger partial charge on any atom is -0.392 e. The second kappa shape index (κ2) is 4.29. The molecule has 1 aromatic carbocycles. The minimum absolute atomic E-state index is 0.107. The predicted octanol–water partition coefficient (Wildman–Crippen LogP) is 1.89. The molecule has 1 rings (SSSR count). The van der Waals surface area contributed by atoms with Crippen LogP contribution in [0.1, 0.15) is 25.0 Å². The van der Waals surface area contributed by atoms with Crippen LogP contribution in [0, 0.1) is 21.4 Å². The standard InChI is InChI=1S/C11H12N2O3/c1-11(2,7-12)9-3-8(6-14)4-10(5-9)13(15)16/h3-5,14H,6H2,1-2H3. The van der Waals surface area contributed by atoms with Crippen LogP contribution in [0.15, 0.2) is 18.2 Å². The SMILES string of the molecule is CC(C)(C#N)c1cc(CO)cc([N+](=O)[O-])c1. The Hall–Kier alpha value is -1.93. The Morgan fingerprint density at radius 1 is 1.50 bits per heavy atom. The van der Waals surface area contributed by atoms with Gasteiger partial charge in [-0.15, -0.1) is 0 Å². The van der Waals surface area contributed by atoms with Gasteiger partial charge in [-0.25, -0.2) is 0 Å². The highest BCUT2D eigenvalue weighted by Gasteiger charge is 2.23. The van der Waals surface area contributed by atoms with Crippen molar-refractivity contribution in [3.63, 3.8) is 0 Å². The van der Waals surface area contributed by atoms with E-state index in [9.17, 15) is 10.1 Å². The molecule has 16 heavy (non-hydrogen) atoms. The average Bonchev–Trinajstić information content (AvgIpc) is 2.28. The first kappa shape index (κ1) is 12.1. The molecular weight excluding hydrogens is 208 g/mol. The Morgan fingerprint density at radius 3 is 2.56 bits per heavy atom. The summed E-state index contributed by atoms with van der Waals surface area (Å²) in [6.45, 7) is 3.07. The van der Waals surface area contributed by atoms with Gasteiger partial charge in [0.25, 0.3) is 5.69 Å². The number of hydrogen-bond donors (Lipinski definition) is 1. The highest BCUT2D eigenvalue weighted by Crippen LogP contribution is 2.27. The molecule has 0 aromatic heterocycles. The van der Waals surface area contributed by atoms with Crippen molar-refractivity contribution in [3.8, 4) is 6.07 Å². The van der Waals surface area contributed by atoms with Gasteiger partial charge < -0.3 is 5.11 Å². The van der Waals surface area contributed by atoms with E-state index in [1.807, 2.05) is 0 Å². The molecule has 5 heteroatoms. The maximum atomic E-state index is 10.7. The van der Waals surface area contributed by atoms with Crippen LogP contribution in [0.3, 0.4) is 0 Å². The molecule has 0 saturated heterocycles. The number of non-ortho nitro benzene ring substituents is 1. The summed E-state index contributed by atoms with van der Waals surface area (Å²) < 4.78 is 0. The Labute approximate surface area is 93.1 Å². The van der Waals surface area contributed by atoms with Crippen LogP contribution in [-0.2, 0) is 12.0 Å². The van der Waals surface area contributed by atoms with Gasteiger partial charge in [0.2, 0.25) is 0 Å². The molecular formula is C11H12N2O3. The summed E-state index contributed by atoms with van der Waals surface area (Å²) in [6, 6.07) is 6.34. The van der Waals surface area contributed by atoms with Crippen molar-refractivity contribution in [2.45, 2.75) is 25.9 Å². The van der Waals surface area contributed by atoms with E-state index in [-0.39, 0.29) is 12.3 Å².